The molecule has 0 radical (unpaired) electrons. The molecule has 0 unspecified atom stereocenters. The largest absolute Gasteiger partial charge is 0.368 e. The van der Waals surface area contributed by atoms with E-state index in [1.54, 1.807) is 4.68 Å². The standard InChI is InChI=1S/C19H31N5OS/c20-18(25)19(8-9-19)24-13-16(22-23-24)17(15-4-2-1-3-5-15)21-12-14-6-10-26-11-7-14/h13-15,17,21H,1-12H2,(H2,20,25)/t17-/m0/s1. The van der Waals surface area contributed by atoms with Gasteiger partial charge in [0.05, 0.1) is 17.9 Å². The predicted molar refractivity (Wildman–Crippen MR) is 104 cm³/mol. The molecule has 6 nitrogen and oxygen atoms in total. The van der Waals surface area contributed by atoms with Gasteiger partial charge < -0.3 is 11.1 Å². The SMILES string of the molecule is NC(=O)C1(n2cc([C@@H](NCC3CCSCC3)C3CCCCC3)nn2)CC1. The quantitative estimate of drug-likeness (QED) is 0.763. The van der Waals surface area contributed by atoms with E-state index < -0.39 is 5.54 Å². The second-order valence-corrected chi connectivity index (χ2v) is 9.55. The van der Waals surface area contributed by atoms with Crippen molar-refractivity contribution in [1.82, 2.24) is 20.3 Å². The van der Waals surface area contributed by atoms with Gasteiger partial charge in [0.15, 0.2) is 0 Å². The van der Waals surface area contributed by atoms with Crippen LogP contribution in [0.3, 0.4) is 0 Å². The minimum absolute atomic E-state index is 0.252. The van der Waals surface area contributed by atoms with Crippen molar-refractivity contribution in [2.75, 3.05) is 18.1 Å². The summed E-state index contributed by atoms with van der Waals surface area (Å²) >= 11 is 2.08. The van der Waals surface area contributed by atoms with Crippen molar-refractivity contribution >= 4 is 17.7 Å². The van der Waals surface area contributed by atoms with E-state index in [1.807, 2.05) is 6.20 Å². The van der Waals surface area contributed by atoms with E-state index in [-0.39, 0.29) is 11.9 Å². The third-order valence-corrected chi connectivity index (χ3v) is 7.59. The number of hydrogen-bond donors (Lipinski definition) is 2. The summed E-state index contributed by atoms with van der Waals surface area (Å²) in [6.07, 6.45) is 12.7. The highest BCUT2D eigenvalue weighted by atomic mass is 32.2. The smallest absolute Gasteiger partial charge is 0.245 e. The molecule has 2 aliphatic carbocycles. The summed E-state index contributed by atoms with van der Waals surface area (Å²) < 4.78 is 1.74. The molecule has 4 rings (SSSR count). The molecular formula is C19H31N5OS. The molecule has 3 aliphatic rings. The fourth-order valence-corrected chi connectivity index (χ4v) is 5.76. The Labute approximate surface area is 160 Å². The van der Waals surface area contributed by atoms with Gasteiger partial charge in [-0.05, 0) is 68.4 Å². The fourth-order valence-electron chi connectivity index (χ4n) is 4.56. The van der Waals surface area contributed by atoms with Gasteiger partial charge in [0, 0.05) is 0 Å². The Bertz CT molecular complexity index is 617. The Morgan fingerprint density at radius 3 is 2.65 bits per heavy atom. The van der Waals surface area contributed by atoms with E-state index in [2.05, 4.69) is 27.4 Å². The Balaban J connectivity index is 1.48. The van der Waals surface area contributed by atoms with Crippen LogP contribution in [0.15, 0.2) is 6.20 Å². The Morgan fingerprint density at radius 2 is 2.00 bits per heavy atom. The van der Waals surface area contributed by atoms with Crippen LogP contribution in [-0.2, 0) is 10.3 Å². The normalized spacial score (nSPS) is 25.1. The molecule has 7 heteroatoms. The first-order chi connectivity index (χ1) is 12.7. The van der Waals surface area contributed by atoms with Gasteiger partial charge in [-0.25, -0.2) is 4.68 Å². The number of nitrogens with zero attached hydrogens (tertiary/aromatic N) is 3. The maximum Gasteiger partial charge on any atom is 0.245 e. The van der Waals surface area contributed by atoms with Gasteiger partial charge in [-0.3, -0.25) is 4.79 Å². The molecule has 0 spiro atoms. The van der Waals surface area contributed by atoms with Crippen LogP contribution in [0.25, 0.3) is 0 Å². The number of primary amides is 1. The van der Waals surface area contributed by atoms with Crippen molar-refractivity contribution < 1.29 is 4.79 Å². The van der Waals surface area contributed by atoms with Gasteiger partial charge in [-0.2, -0.15) is 11.8 Å². The average Bonchev–Trinajstić information content (AvgIpc) is 3.36. The molecule has 1 amide bonds. The lowest BCUT2D eigenvalue weighted by atomic mass is 9.82. The van der Waals surface area contributed by atoms with E-state index in [0.717, 1.165) is 31.0 Å². The minimum Gasteiger partial charge on any atom is -0.368 e. The molecule has 1 atom stereocenters. The van der Waals surface area contributed by atoms with Gasteiger partial charge >= 0.3 is 0 Å². The van der Waals surface area contributed by atoms with Gasteiger partial charge in [0.2, 0.25) is 5.91 Å². The Kier molecular flexibility index (Phi) is 5.55. The second kappa shape index (κ2) is 7.89. The molecule has 1 aromatic heterocycles. The summed E-state index contributed by atoms with van der Waals surface area (Å²) in [6.45, 7) is 1.07. The van der Waals surface area contributed by atoms with Crippen LogP contribution in [-0.4, -0.2) is 39.0 Å². The molecule has 0 aromatic carbocycles. The molecule has 3 fully saturated rings. The molecule has 0 bridgehead atoms. The van der Waals surface area contributed by atoms with Crippen LogP contribution in [0.5, 0.6) is 0 Å². The maximum absolute atomic E-state index is 11.8. The number of aromatic nitrogens is 3. The summed E-state index contributed by atoms with van der Waals surface area (Å²) in [5.41, 5.74) is 5.99. The number of hydrogen-bond acceptors (Lipinski definition) is 5. The molecule has 2 saturated carbocycles. The van der Waals surface area contributed by atoms with E-state index in [9.17, 15) is 4.79 Å². The Morgan fingerprint density at radius 1 is 1.27 bits per heavy atom. The minimum atomic E-state index is -0.608. The van der Waals surface area contributed by atoms with Crippen LogP contribution in [0.1, 0.15) is 69.5 Å². The summed E-state index contributed by atoms with van der Waals surface area (Å²) in [4.78, 5) is 11.8. The zero-order chi connectivity index (χ0) is 18.0. The average molecular weight is 378 g/mol. The highest BCUT2D eigenvalue weighted by Gasteiger charge is 2.52. The van der Waals surface area contributed by atoms with Gasteiger partial charge in [-0.15, -0.1) is 5.10 Å². The number of rotatable bonds is 7. The topological polar surface area (TPSA) is 85.8 Å². The Hall–Kier alpha value is -1.08. The van der Waals surface area contributed by atoms with E-state index >= 15 is 0 Å². The molecule has 3 N–H and O–H groups in total. The molecule has 1 aliphatic heterocycles. The number of nitrogens with one attached hydrogen (secondary N) is 1. The zero-order valence-corrected chi connectivity index (χ0v) is 16.3. The molecule has 1 saturated heterocycles. The van der Waals surface area contributed by atoms with Crippen molar-refractivity contribution in [3.8, 4) is 0 Å². The molecule has 144 valence electrons. The third kappa shape index (κ3) is 3.79. The van der Waals surface area contributed by atoms with Crippen molar-refractivity contribution in [3.05, 3.63) is 11.9 Å². The van der Waals surface area contributed by atoms with Crippen molar-refractivity contribution in [1.29, 1.82) is 0 Å². The fraction of sp³-hybridized carbons (Fsp3) is 0.842. The molecule has 1 aromatic rings. The van der Waals surface area contributed by atoms with Crippen molar-refractivity contribution in [2.24, 2.45) is 17.6 Å². The first-order valence-electron chi connectivity index (χ1n) is 10.2. The molecule has 26 heavy (non-hydrogen) atoms. The van der Waals surface area contributed by atoms with Crippen LogP contribution in [0.2, 0.25) is 0 Å². The lowest BCUT2D eigenvalue weighted by molar-refractivity contribution is -0.122. The van der Waals surface area contributed by atoms with E-state index in [0.29, 0.717) is 5.92 Å². The molecule has 2 heterocycles. The summed E-state index contributed by atoms with van der Waals surface area (Å²) in [5, 5.41) is 12.6. The summed E-state index contributed by atoms with van der Waals surface area (Å²) in [7, 11) is 0. The lowest BCUT2D eigenvalue weighted by Crippen LogP contribution is -2.35. The molecular weight excluding hydrogens is 346 g/mol. The highest BCUT2D eigenvalue weighted by Crippen LogP contribution is 2.43. The van der Waals surface area contributed by atoms with E-state index in [1.165, 1.54) is 56.5 Å². The van der Waals surface area contributed by atoms with Crippen LogP contribution in [0.4, 0.5) is 0 Å². The van der Waals surface area contributed by atoms with Gasteiger partial charge in [-0.1, -0.05) is 24.5 Å². The van der Waals surface area contributed by atoms with Crippen LogP contribution >= 0.6 is 11.8 Å². The number of carbonyl (C=O) groups is 1. The van der Waals surface area contributed by atoms with Gasteiger partial charge in [0.25, 0.3) is 0 Å². The second-order valence-electron chi connectivity index (χ2n) is 8.32. The number of carbonyl (C=O) groups excluding carboxylic acids is 1. The van der Waals surface area contributed by atoms with E-state index in [4.69, 9.17) is 5.73 Å². The van der Waals surface area contributed by atoms with Crippen LogP contribution in [0, 0.1) is 11.8 Å². The summed E-state index contributed by atoms with van der Waals surface area (Å²) in [5.74, 6) is 3.69. The van der Waals surface area contributed by atoms with Crippen molar-refractivity contribution in [3.63, 3.8) is 0 Å². The van der Waals surface area contributed by atoms with Crippen LogP contribution < -0.4 is 11.1 Å². The summed E-state index contributed by atoms with van der Waals surface area (Å²) in [6, 6.07) is 0.252. The predicted octanol–water partition coefficient (Wildman–Crippen LogP) is 2.61. The number of nitrogens with two attached hydrogens (primary N) is 1. The van der Waals surface area contributed by atoms with Gasteiger partial charge in [0.1, 0.15) is 5.54 Å². The maximum atomic E-state index is 11.8. The monoisotopic (exact) mass is 377 g/mol. The first kappa shape index (κ1) is 18.3. The first-order valence-corrected chi connectivity index (χ1v) is 11.4. The number of thioether (sulfide) groups is 1. The number of amides is 1. The lowest BCUT2D eigenvalue weighted by Gasteiger charge is -2.32. The third-order valence-electron chi connectivity index (χ3n) is 6.54. The zero-order valence-electron chi connectivity index (χ0n) is 15.5. The highest BCUT2D eigenvalue weighted by molar-refractivity contribution is 7.99. The van der Waals surface area contributed by atoms with Crippen molar-refractivity contribution in [2.45, 2.75) is 69.4 Å².